The van der Waals surface area contributed by atoms with Gasteiger partial charge < -0.3 is 35.1 Å². The van der Waals surface area contributed by atoms with Crippen LogP contribution < -0.4 is 4.74 Å². The molecule has 1 atom stereocenters. The van der Waals surface area contributed by atoms with Gasteiger partial charge in [-0.3, -0.25) is 0 Å². The molecule has 0 bridgehead atoms. The van der Waals surface area contributed by atoms with E-state index in [9.17, 15) is 0 Å². The van der Waals surface area contributed by atoms with Crippen molar-refractivity contribution in [1.82, 2.24) is 0 Å². The summed E-state index contributed by atoms with van der Waals surface area (Å²) in [7, 11) is 0. The quantitative estimate of drug-likeness (QED) is 0.129. The van der Waals surface area contributed by atoms with E-state index in [0.717, 1.165) is 5.75 Å². The van der Waals surface area contributed by atoms with Gasteiger partial charge in [0.05, 0.1) is 0 Å². The van der Waals surface area contributed by atoms with E-state index in [1.807, 2.05) is 60.3 Å². The molecule has 0 aromatic heterocycles. The van der Waals surface area contributed by atoms with Crippen LogP contribution in [0.15, 0.2) is 144 Å². The summed E-state index contributed by atoms with van der Waals surface area (Å²) in [6, 6.07) is 47.9. The number of thioether (sulfide) groups is 1. The Balaban J connectivity index is 0.000000453. The van der Waals surface area contributed by atoms with Crippen LogP contribution in [-0.2, 0) is 23.7 Å². The summed E-state index contributed by atoms with van der Waals surface area (Å²) >= 11 is 1.87. The van der Waals surface area contributed by atoms with E-state index < -0.39 is 0 Å². The van der Waals surface area contributed by atoms with E-state index in [4.69, 9.17) is 4.74 Å². The van der Waals surface area contributed by atoms with Gasteiger partial charge in [-0.05, 0) is 35.4 Å². The van der Waals surface area contributed by atoms with Crippen LogP contribution in [-0.4, -0.2) is 0 Å². The van der Waals surface area contributed by atoms with Crippen molar-refractivity contribution in [3.8, 4) is 5.75 Å². The molecule has 33 heavy (non-hydrogen) atoms. The third-order valence-electron chi connectivity index (χ3n) is 4.98. The largest absolute Gasteiger partial charge is 0.748 e. The van der Waals surface area contributed by atoms with Crippen LogP contribution in [0.2, 0.25) is 0 Å². The second kappa shape index (κ2) is 13.5. The minimum atomic E-state index is 0. The molecule has 5 rings (SSSR count). The Morgan fingerprint density at radius 2 is 1.21 bits per heavy atom. The van der Waals surface area contributed by atoms with Gasteiger partial charge in [0.1, 0.15) is 12.4 Å². The second-order valence-corrected chi connectivity index (χ2v) is 8.51. The van der Waals surface area contributed by atoms with Gasteiger partial charge in [0.2, 0.25) is 0 Å². The van der Waals surface area contributed by atoms with Crippen LogP contribution >= 0.6 is 11.8 Å². The summed E-state index contributed by atoms with van der Waals surface area (Å²) < 4.78 is 5.93. The Morgan fingerprint density at radius 1 is 0.667 bits per heavy atom. The van der Waals surface area contributed by atoms with Crippen LogP contribution in [0.25, 0.3) is 0 Å². The minimum Gasteiger partial charge on any atom is -0.748 e. The Hall–Kier alpha value is -2.97. The maximum atomic E-state index is 5.93. The molecular formula is C30H26FeOS-6. The van der Waals surface area contributed by atoms with Crippen molar-refractivity contribution in [2.75, 3.05) is 0 Å². The third kappa shape index (κ3) is 7.83. The van der Waals surface area contributed by atoms with Gasteiger partial charge >= 0.3 is 0 Å². The molecule has 0 spiro atoms. The smallest absolute Gasteiger partial charge is 0.119 e. The molecule has 5 aromatic carbocycles. The van der Waals surface area contributed by atoms with Crippen molar-refractivity contribution in [3.05, 3.63) is 156 Å². The van der Waals surface area contributed by atoms with Crippen molar-refractivity contribution in [3.63, 3.8) is 0 Å². The Labute approximate surface area is 211 Å². The molecule has 0 aliphatic rings. The molecule has 0 amide bonds. The molecule has 0 aliphatic carbocycles. The number of hydrogen-bond donors (Lipinski definition) is 0. The molecule has 5 aromatic rings. The third-order valence-corrected chi connectivity index (χ3v) is 6.30. The molecule has 0 aliphatic heterocycles. The summed E-state index contributed by atoms with van der Waals surface area (Å²) in [5.41, 5.74) is 3.78. The predicted molar refractivity (Wildman–Crippen MR) is 135 cm³/mol. The number of ether oxygens (including phenoxy) is 1. The molecular weight excluding hydrogens is 464 g/mol. The molecule has 0 radical (unpaired) electrons. The van der Waals surface area contributed by atoms with E-state index in [-0.39, 0.29) is 22.3 Å². The van der Waals surface area contributed by atoms with Gasteiger partial charge in [-0.25, -0.2) is 12.1 Å². The van der Waals surface area contributed by atoms with Crippen LogP contribution in [0.4, 0.5) is 0 Å². The summed E-state index contributed by atoms with van der Waals surface area (Å²) in [5.74, 6) is 0.897. The Kier molecular flexibility index (Phi) is 10.1. The number of rotatable bonds is 7. The summed E-state index contributed by atoms with van der Waals surface area (Å²) in [6.07, 6.45) is 0. The fraction of sp³-hybridized carbons (Fsp3) is 0.0667. The van der Waals surface area contributed by atoms with Crippen molar-refractivity contribution in [2.24, 2.45) is 0 Å². The monoisotopic (exact) mass is 490 g/mol. The van der Waals surface area contributed by atoms with Crippen LogP contribution in [0.1, 0.15) is 21.9 Å². The van der Waals surface area contributed by atoms with Crippen molar-refractivity contribution in [2.45, 2.75) is 16.8 Å². The molecule has 1 unspecified atom stereocenters. The maximum Gasteiger partial charge on any atom is 0.119 e. The molecule has 0 heterocycles. The molecule has 3 heteroatoms. The maximum absolute atomic E-state index is 5.93. The first-order chi connectivity index (χ1) is 15.9. The van der Waals surface area contributed by atoms with Crippen molar-refractivity contribution >= 4 is 11.8 Å². The van der Waals surface area contributed by atoms with E-state index >= 15 is 0 Å². The number of hydrogen-bond acceptors (Lipinski definition) is 2. The van der Waals surface area contributed by atoms with Gasteiger partial charge in [-0.1, -0.05) is 60.7 Å². The van der Waals surface area contributed by atoms with Gasteiger partial charge in [0.25, 0.3) is 0 Å². The Bertz CT molecular complexity index is 1100. The van der Waals surface area contributed by atoms with Gasteiger partial charge in [-0.15, -0.1) is 17.3 Å². The molecule has 0 N–H and O–H groups in total. The summed E-state index contributed by atoms with van der Waals surface area (Å²) in [6.45, 7) is 0.589. The van der Waals surface area contributed by atoms with E-state index in [0.29, 0.717) is 6.61 Å². The second-order valence-electron chi connectivity index (χ2n) is 7.33. The van der Waals surface area contributed by atoms with Gasteiger partial charge in [0.15, 0.2) is 0 Å². The Morgan fingerprint density at radius 3 is 1.79 bits per heavy atom. The summed E-state index contributed by atoms with van der Waals surface area (Å²) in [5, 5.41) is 0.269. The van der Waals surface area contributed by atoms with E-state index in [1.165, 1.54) is 21.6 Å². The van der Waals surface area contributed by atoms with Crippen molar-refractivity contribution < 1.29 is 21.8 Å². The molecule has 0 saturated heterocycles. The zero-order chi connectivity index (χ0) is 21.8. The number of benzene rings is 3. The van der Waals surface area contributed by atoms with Gasteiger partial charge in [0, 0.05) is 27.2 Å². The van der Waals surface area contributed by atoms with Crippen LogP contribution in [0.3, 0.4) is 0 Å². The fourth-order valence-electron chi connectivity index (χ4n) is 3.33. The zero-order valence-corrected chi connectivity index (χ0v) is 20.2. The molecule has 1 nitrogen and oxygen atoms in total. The SMILES string of the molecule is [Fe].[cH-]1[cH-][cH-][cH-][cH-]1.c1ccc(COc2ccc(C(Sc3ccccc3)[c-]3cccc3)cc2)cc1. The van der Waals surface area contributed by atoms with Crippen LogP contribution in [0.5, 0.6) is 5.75 Å². The first-order valence-electron chi connectivity index (χ1n) is 10.8. The van der Waals surface area contributed by atoms with Gasteiger partial charge in [-0.2, -0.15) is 12.1 Å². The predicted octanol–water partition coefficient (Wildman–Crippen LogP) is 8.27. The average Bonchev–Trinajstić information content (AvgIpc) is 3.61. The summed E-state index contributed by atoms with van der Waals surface area (Å²) in [4.78, 5) is 1.27. The molecule has 172 valence electrons. The average molecular weight is 490 g/mol. The fourth-order valence-corrected chi connectivity index (χ4v) is 4.50. The molecule has 0 saturated carbocycles. The van der Waals surface area contributed by atoms with E-state index in [1.54, 1.807) is 0 Å². The first-order valence-corrected chi connectivity index (χ1v) is 11.6. The molecule has 0 fully saturated rings. The topological polar surface area (TPSA) is 9.23 Å². The van der Waals surface area contributed by atoms with Crippen molar-refractivity contribution in [1.29, 1.82) is 0 Å². The minimum absolute atomic E-state index is 0. The standard InChI is InChI=1S/C25H21OS.C5H5.Fe/c1-3-9-20(10-4-1)19-26-23-17-15-22(16-18-23)25(21-11-7-8-12-21)27-24-13-5-2-6-14-24;1-2-4-5-3-1;/h1-18,25H,19H2;1-5H;/q-1;-5;. The van der Waals surface area contributed by atoms with Crippen LogP contribution in [0, 0.1) is 0 Å². The normalized spacial score (nSPS) is 10.9. The zero-order valence-electron chi connectivity index (χ0n) is 18.2. The van der Waals surface area contributed by atoms with E-state index in [2.05, 4.69) is 91.0 Å². The first kappa shape index (κ1) is 24.7.